The van der Waals surface area contributed by atoms with Gasteiger partial charge in [-0.05, 0) is 19.1 Å². The number of anilines is 1. The van der Waals surface area contributed by atoms with Crippen molar-refractivity contribution in [2.24, 2.45) is 0 Å². The van der Waals surface area contributed by atoms with Gasteiger partial charge < -0.3 is 0 Å². The van der Waals surface area contributed by atoms with Gasteiger partial charge >= 0.3 is 0 Å². The summed E-state index contributed by atoms with van der Waals surface area (Å²) in [6, 6.07) is 8.00. The smallest absolute Gasteiger partial charge is 0.0636 e. The molecule has 0 amide bonds. The van der Waals surface area contributed by atoms with E-state index in [0.717, 1.165) is 5.69 Å². The Labute approximate surface area is 60.8 Å². The molecule has 0 bridgehead atoms. The van der Waals surface area contributed by atoms with Crippen molar-refractivity contribution in [3.8, 4) is 0 Å². The number of rotatable bonds is 2. The third kappa shape index (κ3) is 1.74. The number of nitrogens with one attached hydrogen (secondary N) is 1. The SMILES string of the molecule is CONc1ccc(C)cc1. The lowest BCUT2D eigenvalue weighted by atomic mass is 10.2. The van der Waals surface area contributed by atoms with Gasteiger partial charge in [0.25, 0.3) is 0 Å². The summed E-state index contributed by atoms with van der Waals surface area (Å²) in [5.74, 6) is 0. The molecule has 0 fully saturated rings. The zero-order chi connectivity index (χ0) is 7.40. The van der Waals surface area contributed by atoms with E-state index in [1.54, 1.807) is 7.11 Å². The van der Waals surface area contributed by atoms with Crippen LogP contribution in [0, 0.1) is 6.92 Å². The van der Waals surface area contributed by atoms with E-state index in [2.05, 4.69) is 12.4 Å². The molecule has 0 aliphatic heterocycles. The highest BCUT2D eigenvalue weighted by atomic mass is 16.6. The quantitative estimate of drug-likeness (QED) is 0.629. The second kappa shape index (κ2) is 3.22. The van der Waals surface area contributed by atoms with Crippen LogP contribution in [0.25, 0.3) is 0 Å². The first-order valence-corrected chi connectivity index (χ1v) is 3.18. The van der Waals surface area contributed by atoms with Crippen LogP contribution in [0.5, 0.6) is 0 Å². The Morgan fingerprint density at radius 2 is 1.80 bits per heavy atom. The lowest BCUT2D eigenvalue weighted by Gasteiger charge is -2.01. The third-order valence-corrected chi connectivity index (χ3v) is 1.27. The lowest BCUT2D eigenvalue weighted by Crippen LogP contribution is -1.94. The van der Waals surface area contributed by atoms with Gasteiger partial charge in [0.15, 0.2) is 0 Å². The Kier molecular flexibility index (Phi) is 2.29. The van der Waals surface area contributed by atoms with E-state index < -0.39 is 0 Å². The van der Waals surface area contributed by atoms with Gasteiger partial charge in [-0.1, -0.05) is 17.7 Å². The molecular formula is C8H11NO. The summed E-state index contributed by atoms with van der Waals surface area (Å²) >= 11 is 0. The minimum atomic E-state index is 0.980. The van der Waals surface area contributed by atoms with Crippen molar-refractivity contribution in [1.29, 1.82) is 0 Å². The van der Waals surface area contributed by atoms with Crippen LogP contribution in [-0.4, -0.2) is 7.11 Å². The van der Waals surface area contributed by atoms with E-state index in [1.807, 2.05) is 24.3 Å². The fourth-order valence-electron chi connectivity index (χ4n) is 0.739. The van der Waals surface area contributed by atoms with E-state index in [-0.39, 0.29) is 0 Å². The monoisotopic (exact) mass is 137 g/mol. The van der Waals surface area contributed by atoms with Crippen molar-refractivity contribution in [1.82, 2.24) is 0 Å². The first-order valence-electron chi connectivity index (χ1n) is 3.18. The van der Waals surface area contributed by atoms with Crippen LogP contribution in [0.4, 0.5) is 5.69 Å². The van der Waals surface area contributed by atoms with E-state index in [0.29, 0.717) is 0 Å². The lowest BCUT2D eigenvalue weighted by molar-refractivity contribution is 0.271. The summed E-state index contributed by atoms with van der Waals surface area (Å²) in [6.07, 6.45) is 0. The molecule has 1 rings (SSSR count). The van der Waals surface area contributed by atoms with Crippen LogP contribution in [0.2, 0.25) is 0 Å². The predicted octanol–water partition coefficient (Wildman–Crippen LogP) is 1.97. The normalized spacial score (nSPS) is 9.40. The van der Waals surface area contributed by atoms with Crippen LogP contribution < -0.4 is 5.48 Å². The zero-order valence-corrected chi connectivity index (χ0v) is 6.22. The Balaban J connectivity index is 2.69. The van der Waals surface area contributed by atoms with Gasteiger partial charge in [0.05, 0.1) is 12.8 Å². The molecule has 0 heterocycles. The molecule has 10 heavy (non-hydrogen) atoms. The average Bonchev–Trinajstić information content (AvgIpc) is 1.95. The Hall–Kier alpha value is -1.02. The summed E-state index contributed by atoms with van der Waals surface area (Å²) in [7, 11) is 1.60. The molecule has 0 unspecified atom stereocenters. The molecule has 1 aromatic rings. The summed E-state index contributed by atoms with van der Waals surface area (Å²) in [4.78, 5) is 4.72. The molecule has 0 atom stereocenters. The number of aryl methyl sites for hydroxylation is 1. The third-order valence-electron chi connectivity index (χ3n) is 1.27. The van der Waals surface area contributed by atoms with Crippen LogP contribution in [0.1, 0.15) is 5.56 Å². The van der Waals surface area contributed by atoms with Crippen molar-refractivity contribution in [3.63, 3.8) is 0 Å². The van der Waals surface area contributed by atoms with Gasteiger partial charge in [-0.3, -0.25) is 10.3 Å². The van der Waals surface area contributed by atoms with E-state index in [4.69, 9.17) is 4.84 Å². The van der Waals surface area contributed by atoms with Crippen molar-refractivity contribution >= 4 is 5.69 Å². The maximum Gasteiger partial charge on any atom is 0.0636 e. The molecule has 0 aliphatic rings. The maximum atomic E-state index is 4.72. The predicted molar refractivity (Wildman–Crippen MR) is 41.8 cm³/mol. The second-order valence-electron chi connectivity index (χ2n) is 2.17. The van der Waals surface area contributed by atoms with Crippen molar-refractivity contribution in [2.75, 3.05) is 12.6 Å². The van der Waals surface area contributed by atoms with E-state index in [1.165, 1.54) is 5.56 Å². The molecule has 1 N–H and O–H groups in total. The molecule has 1 aromatic carbocycles. The topological polar surface area (TPSA) is 21.3 Å². The van der Waals surface area contributed by atoms with Crippen LogP contribution >= 0.6 is 0 Å². The molecule has 2 nitrogen and oxygen atoms in total. The Morgan fingerprint density at radius 3 is 2.30 bits per heavy atom. The summed E-state index contributed by atoms with van der Waals surface area (Å²) in [5, 5.41) is 0. The maximum absolute atomic E-state index is 4.72. The molecule has 0 radical (unpaired) electrons. The largest absolute Gasteiger partial charge is 0.279 e. The molecule has 0 saturated heterocycles. The van der Waals surface area contributed by atoms with Gasteiger partial charge in [0.1, 0.15) is 0 Å². The average molecular weight is 137 g/mol. The van der Waals surface area contributed by atoms with Gasteiger partial charge in [0.2, 0.25) is 0 Å². The highest BCUT2D eigenvalue weighted by Gasteiger charge is 1.86. The zero-order valence-electron chi connectivity index (χ0n) is 6.22. The number of benzene rings is 1. The van der Waals surface area contributed by atoms with Gasteiger partial charge in [-0.2, -0.15) is 0 Å². The summed E-state index contributed by atoms with van der Waals surface area (Å²) in [5.41, 5.74) is 4.97. The fourth-order valence-corrected chi connectivity index (χ4v) is 0.739. The minimum absolute atomic E-state index is 0.980. The van der Waals surface area contributed by atoms with Crippen molar-refractivity contribution in [3.05, 3.63) is 29.8 Å². The highest BCUT2D eigenvalue weighted by Crippen LogP contribution is 2.07. The van der Waals surface area contributed by atoms with Crippen LogP contribution in [0.3, 0.4) is 0 Å². The molecule has 2 heteroatoms. The molecular weight excluding hydrogens is 126 g/mol. The molecule has 0 spiro atoms. The number of hydrogen-bond acceptors (Lipinski definition) is 2. The Morgan fingerprint density at radius 1 is 1.20 bits per heavy atom. The van der Waals surface area contributed by atoms with Gasteiger partial charge in [-0.15, -0.1) is 0 Å². The highest BCUT2D eigenvalue weighted by molar-refractivity contribution is 5.42. The van der Waals surface area contributed by atoms with Crippen LogP contribution in [-0.2, 0) is 4.84 Å². The van der Waals surface area contributed by atoms with Gasteiger partial charge in [0, 0.05) is 0 Å². The van der Waals surface area contributed by atoms with Crippen molar-refractivity contribution < 1.29 is 4.84 Å². The second-order valence-corrected chi connectivity index (χ2v) is 2.17. The molecule has 0 aromatic heterocycles. The fraction of sp³-hybridized carbons (Fsp3) is 0.250. The number of hydrogen-bond donors (Lipinski definition) is 1. The van der Waals surface area contributed by atoms with Crippen molar-refractivity contribution in [2.45, 2.75) is 6.92 Å². The molecule has 54 valence electrons. The molecule has 0 aliphatic carbocycles. The summed E-state index contributed by atoms with van der Waals surface area (Å²) in [6.45, 7) is 2.05. The molecule has 0 saturated carbocycles. The Bertz CT molecular complexity index is 193. The minimum Gasteiger partial charge on any atom is -0.279 e. The van der Waals surface area contributed by atoms with E-state index in [9.17, 15) is 0 Å². The standard InChI is InChI=1S/C8H11NO/c1-7-3-5-8(6-4-7)9-10-2/h3-6,9H,1-2H3. The first-order chi connectivity index (χ1) is 4.83. The summed E-state index contributed by atoms with van der Waals surface area (Å²) < 4.78 is 0. The van der Waals surface area contributed by atoms with E-state index >= 15 is 0 Å². The van der Waals surface area contributed by atoms with Gasteiger partial charge in [-0.25, -0.2) is 0 Å². The first kappa shape index (κ1) is 7.09. The van der Waals surface area contributed by atoms with Crippen LogP contribution in [0.15, 0.2) is 24.3 Å².